The van der Waals surface area contributed by atoms with Crippen molar-refractivity contribution in [3.05, 3.63) is 59.6 Å². The van der Waals surface area contributed by atoms with Gasteiger partial charge in [0.2, 0.25) is 0 Å². The molecule has 0 saturated heterocycles. The van der Waals surface area contributed by atoms with Crippen LogP contribution in [0, 0.1) is 5.92 Å². The van der Waals surface area contributed by atoms with Gasteiger partial charge in [-0.15, -0.1) is 0 Å². The molecule has 1 saturated carbocycles. The molecule has 0 aliphatic heterocycles. The van der Waals surface area contributed by atoms with Gasteiger partial charge in [-0.1, -0.05) is 49.1 Å². The van der Waals surface area contributed by atoms with Gasteiger partial charge >= 0.3 is 12.1 Å². The topological polar surface area (TPSA) is 76.1 Å². The van der Waals surface area contributed by atoms with Crippen LogP contribution in [-0.2, 0) is 14.3 Å². The van der Waals surface area contributed by atoms with Crippen LogP contribution < -0.4 is 4.90 Å². The molecular weight excluding hydrogens is 406 g/mol. The molecule has 3 rings (SSSR count). The van der Waals surface area contributed by atoms with Gasteiger partial charge in [-0.2, -0.15) is 0 Å². The van der Waals surface area contributed by atoms with Crippen LogP contribution in [0.15, 0.2) is 54.6 Å². The molecule has 30 heavy (non-hydrogen) atoms. The Morgan fingerprint density at radius 2 is 1.60 bits per heavy atom. The van der Waals surface area contributed by atoms with Crippen LogP contribution in [0.25, 0.3) is 0 Å². The normalized spacial score (nSPS) is 13.7. The number of aliphatic carboxylic acids is 1. The van der Waals surface area contributed by atoms with Gasteiger partial charge in [-0.05, 0) is 55.2 Å². The first-order valence-corrected chi connectivity index (χ1v) is 10.4. The third kappa shape index (κ3) is 8.05. The predicted molar refractivity (Wildman–Crippen MR) is 117 cm³/mol. The largest absolute Gasteiger partial charge is 0.480 e. The number of carbonyl (C=O) groups is 2. The first-order chi connectivity index (χ1) is 14.5. The van der Waals surface area contributed by atoms with Gasteiger partial charge in [0.05, 0.1) is 18.0 Å². The van der Waals surface area contributed by atoms with Crippen molar-refractivity contribution >= 4 is 35.0 Å². The first kappa shape index (κ1) is 23.7. The lowest BCUT2D eigenvalue weighted by molar-refractivity contribution is -0.141. The monoisotopic (exact) mass is 433 g/mol. The van der Waals surface area contributed by atoms with E-state index in [9.17, 15) is 9.59 Å². The minimum atomic E-state index is -0.933. The highest BCUT2D eigenvalue weighted by Crippen LogP contribution is 2.29. The van der Waals surface area contributed by atoms with Gasteiger partial charge < -0.3 is 14.6 Å². The second kappa shape index (κ2) is 12.9. The third-order valence-corrected chi connectivity index (χ3v) is 4.97. The number of anilines is 2. The number of halogens is 1. The number of ether oxygens (including phenoxy) is 2. The van der Waals surface area contributed by atoms with Crippen LogP contribution in [0.3, 0.4) is 0 Å². The van der Waals surface area contributed by atoms with E-state index < -0.39 is 5.97 Å². The first-order valence-electron chi connectivity index (χ1n) is 9.99. The number of rotatable bonds is 6. The Kier molecular flexibility index (Phi) is 10.2. The summed E-state index contributed by atoms with van der Waals surface area (Å²) in [5.74, 6) is -0.442. The lowest BCUT2D eigenvalue weighted by atomic mass is 9.90. The van der Waals surface area contributed by atoms with Gasteiger partial charge in [-0.25, -0.2) is 14.5 Å². The molecule has 0 bridgehead atoms. The summed E-state index contributed by atoms with van der Waals surface area (Å²) in [4.78, 5) is 23.8. The van der Waals surface area contributed by atoms with E-state index in [0.717, 1.165) is 24.2 Å². The minimum Gasteiger partial charge on any atom is -0.480 e. The van der Waals surface area contributed by atoms with E-state index >= 15 is 0 Å². The summed E-state index contributed by atoms with van der Waals surface area (Å²) < 4.78 is 9.84. The molecule has 1 fully saturated rings. The van der Waals surface area contributed by atoms with E-state index in [4.69, 9.17) is 21.4 Å². The Labute approximate surface area is 182 Å². The average Bonchev–Trinajstić information content (AvgIpc) is 2.76. The van der Waals surface area contributed by atoms with Gasteiger partial charge in [0.25, 0.3) is 0 Å². The smallest absolute Gasteiger partial charge is 0.418 e. The van der Waals surface area contributed by atoms with Crippen LogP contribution >= 0.6 is 11.6 Å². The number of benzene rings is 2. The summed E-state index contributed by atoms with van der Waals surface area (Å²) in [5.41, 5.74) is 1.53. The van der Waals surface area contributed by atoms with E-state index in [1.807, 2.05) is 42.5 Å². The summed E-state index contributed by atoms with van der Waals surface area (Å²) >= 11 is 5.97. The Hall–Kier alpha value is -2.57. The highest BCUT2D eigenvalue weighted by molar-refractivity contribution is 6.30. The summed E-state index contributed by atoms with van der Waals surface area (Å²) in [6, 6.07) is 16.8. The number of para-hydroxylation sites is 1. The van der Waals surface area contributed by atoms with Crippen LogP contribution in [0.2, 0.25) is 5.02 Å². The third-order valence-electron chi connectivity index (χ3n) is 4.72. The van der Waals surface area contributed by atoms with Crippen LogP contribution in [-0.4, -0.2) is 37.5 Å². The highest BCUT2D eigenvalue weighted by atomic mass is 35.5. The number of methoxy groups -OCH3 is 1. The van der Waals surface area contributed by atoms with Gasteiger partial charge in [0.1, 0.15) is 6.61 Å². The van der Waals surface area contributed by atoms with Crippen molar-refractivity contribution in [3.63, 3.8) is 0 Å². The molecule has 0 heterocycles. The number of amides is 1. The standard InChI is InChI=1S/C20H22ClNO2.C3H6O3/c21-17-11-13-19(14-12-17)22(18-9-5-2-6-10-18)20(23)24-15-16-7-3-1-4-8-16;1-6-2-3(4)5/h2,5-6,9-14,16H,1,3-4,7-8,15H2;2H2,1H3,(H,4,5). The zero-order valence-corrected chi connectivity index (χ0v) is 17.9. The number of hydrogen-bond acceptors (Lipinski definition) is 4. The van der Waals surface area contributed by atoms with E-state index in [2.05, 4.69) is 4.74 Å². The lowest BCUT2D eigenvalue weighted by Crippen LogP contribution is -2.29. The molecule has 7 heteroatoms. The van der Waals surface area contributed by atoms with Gasteiger partial charge in [0.15, 0.2) is 0 Å². The number of carboxylic acid groups (broad SMARTS) is 1. The quantitative estimate of drug-likeness (QED) is 0.612. The maximum Gasteiger partial charge on any atom is 0.418 e. The molecule has 1 amide bonds. The van der Waals surface area contributed by atoms with Crippen molar-refractivity contribution in [3.8, 4) is 0 Å². The van der Waals surface area contributed by atoms with Crippen LogP contribution in [0.4, 0.5) is 16.2 Å². The van der Waals surface area contributed by atoms with Crippen molar-refractivity contribution in [2.75, 3.05) is 25.2 Å². The molecule has 2 aromatic rings. The number of nitrogens with zero attached hydrogens (tertiary/aromatic N) is 1. The molecule has 0 unspecified atom stereocenters. The zero-order valence-electron chi connectivity index (χ0n) is 17.1. The second-order valence-electron chi connectivity index (χ2n) is 7.06. The molecule has 1 N–H and O–H groups in total. The van der Waals surface area contributed by atoms with Crippen molar-refractivity contribution in [1.29, 1.82) is 0 Å². The minimum absolute atomic E-state index is 0.208. The highest BCUT2D eigenvalue weighted by Gasteiger charge is 2.22. The molecule has 0 spiro atoms. The lowest BCUT2D eigenvalue weighted by Gasteiger charge is -2.25. The molecule has 1 aliphatic carbocycles. The Bertz CT molecular complexity index is 776. The number of hydrogen-bond donors (Lipinski definition) is 1. The molecule has 0 aromatic heterocycles. The van der Waals surface area contributed by atoms with E-state index in [1.165, 1.54) is 26.4 Å². The summed E-state index contributed by atoms with van der Waals surface area (Å²) in [7, 11) is 1.34. The van der Waals surface area contributed by atoms with Crippen LogP contribution in [0.1, 0.15) is 32.1 Å². The Morgan fingerprint density at radius 3 is 2.13 bits per heavy atom. The fourth-order valence-corrected chi connectivity index (χ4v) is 3.38. The van der Waals surface area contributed by atoms with Crippen molar-refractivity contribution < 1.29 is 24.2 Å². The maximum absolute atomic E-state index is 12.7. The van der Waals surface area contributed by atoms with E-state index in [1.54, 1.807) is 17.0 Å². The molecule has 0 radical (unpaired) electrons. The van der Waals surface area contributed by atoms with Crippen molar-refractivity contribution in [2.24, 2.45) is 5.92 Å². The number of carboxylic acids is 1. The fraction of sp³-hybridized carbons (Fsp3) is 0.391. The maximum atomic E-state index is 12.7. The Morgan fingerprint density at radius 1 is 1.00 bits per heavy atom. The van der Waals surface area contributed by atoms with E-state index in [-0.39, 0.29) is 12.7 Å². The molecular formula is C23H28ClNO5. The second-order valence-corrected chi connectivity index (χ2v) is 7.49. The average molecular weight is 434 g/mol. The SMILES string of the molecule is COCC(=O)O.O=C(OCC1CCCCC1)N(c1ccccc1)c1ccc(Cl)cc1. The number of carbonyl (C=O) groups excluding carboxylic acids is 1. The summed E-state index contributed by atoms with van der Waals surface area (Å²) in [6.45, 7) is 0.287. The fourth-order valence-electron chi connectivity index (χ4n) is 3.26. The van der Waals surface area contributed by atoms with Crippen molar-refractivity contribution in [1.82, 2.24) is 0 Å². The molecule has 1 aliphatic rings. The van der Waals surface area contributed by atoms with E-state index in [0.29, 0.717) is 17.5 Å². The molecule has 162 valence electrons. The summed E-state index contributed by atoms with van der Waals surface area (Å²) in [6.07, 6.45) is 5.74. The molecule has 2 aromatic carbocycles. The predicted octanol–water partition coefficient (Wildman–Crippen LogP) is 5.91. The Balaban J connectivity index is 0.000000469. The van der Waals surface area contributed by atoms with Gasteiger partial charge in [0, 0.05) is 12.1 Å². The summed E-state index contributed by atoms with van der Waals surface area (Å²) in [5, 5.41) is 8.43. The van der Waals surface area contributed by atoms with Gasteiger partial charge in [-0.3, -0.25) is 0 Å². The van der Waals surface area contributed by atoms with Crippen molar-refractivity contribution in [2.45, 2.75) is 32.1 Å². The molecule has 6 nitrogen and oxygen atoms in total. The van der Waals surface area contributed by atoms with Crippen LogP contribution in [0.5, 0.6) is 0 Å². The molecule has 0 atom stereocenters. The zero-order chi connectivity index (χ0) is 21.8.